The molecule has 0 amide bonds. The summed E-state index contributed by atoms with van der Waals surface area (Å²) in [5, 5.41) is 12.6. The van der Waals surface area contributed by atoms with E-state index in [2.05, 4.69) is 5.09 Å². The van der Waals surface area contributed by atoms with Crippen molar-refractivity contribution in [1.29, 1.82) is 0 Å². The number of aromatic amines is 1. The Morgan fingerprint density at radius 2 is 2.14 bits per heavy atom. The van der Waals surface area contributed by atoms with Gasteiger partial charge in [-0.05, 0) is 32.3 Å². The smallest absolute Gasteiger partial charge is 0.462 e. The number of nitrogens with zero attached hydrogens (tertiary/aromatic N) is 1. The molecule has 29 heavy (non-hydrogen) atoms. The number of halogens is 1. The summed E-state index contributed by atoms with van der Waals surface area (Å²) >= 11 is 0. The Labute approximate surface area is 166 Å². The third kappa shape index (κ3) is 5.55. The van der Waals surface area contributed by atoms with Crippen LogP contribution in [0.15, 0.2) is 21.9 Å². The van der Waals surface area contributed by atoms with E-state index in [1.54, 1.807) is 13.8 Å². The summed E-state index contributed by atoms with van der Waals surface area (Å²) in [6.07, 6.45) is -3.81. The van der Waals surface area contributed by atoms with Gasteiger partial charge < -0.3 is 14.6 Å². The minimum atomic E-state index is -2.55. The number of H-pyrrole nitrogens is 1. The van der Waals surface area contributed by atoms with Gasteiger partial charge in [-0.15, -0.1) is 4.52 Å². The molecule has 1 aliphatic heterocycles. The van der Waals surface area contributed by atoms with E-state index in [0.717, 1.165) is 23.8 Å². The van der Waals surface area contributed by atoms with E-state index in [1.165, 1.54) is 6.92 Å². The van der Waals surface area contributed by atoms with Gasteiger partial charge in [-0.1, -0.05) is 5.09 Å². The lowest BCUT2D eigenvalue weighted by Crippen LogP contribution is -2.43. The van der Waals surface area contributed by atoms with Crippen LogP contribution in [0.4, 0.5) is 4.39 Å². The van der Waals surface area contributed by atoms with Gasteiger partial charge in [-0.25, -0.2) is 9.18 Å². The molecule has 11 nitrogen and oxygen atoms in total. The van der Waals surface area contributed by atoms with Crippen LogP contribution in [0.3, 0.4) is 0 Å². The minimum Gasteiger partial charge on any atom is -0.462 e. The molecule has 13 heteroatoms. The lowest BCUT2D eigenvalue weighted by atomic mass is 9.98. The van der Waals surface area contributed by atoms with Gasteiger partial charge in [-0.3, -0.25) is 19.1 Å². The monoisotopic (exact) mass is 436 g/mol. The molecule has 1 fully saturated rings. The number of carbonyl (C=O) groups is 1. The van der Waals surface area contributed by atoms with Gasteiger partial charge in [0.15, 0.2) is 11.9 Å². The van der Waals surface area contributed by atoms with Crippen molar-refractivity contribution in [1.82, 2.24) is 14.6 Å². The number of hydrogen-bond acceptors (Lipinski definition) is 8. The predicted octanol–water partition coefficient (Wildman–Crippen LogP) is 0.127. The molecule has 0 aliphatic carbocycles. The number of aromatic nitrogens is 2. The number of aliphatic hydroxyl groups excluding tert-OH is 1. The van der Waals surface area contributed by atoms with Crippen LogP contribution >= 0.6 is 8.18 Å². The lowest BCUT2D eigenvalue weighted by molar-refractivity contribution is -0.149. The van der Waals surface area contributed by atoms with E-state index in [4.69, 9.17) is 14.0 Å². The van der Waals surface area contributed by atoms with Crippen molar-refractivity contribution < 1.29 is 32.9 Å². The zero-order valence-electron chi connectivity index (χ0n) is 16.3. The number of esters is 1. The third-order valence-corrected chi connectivity index (χ3v) is 5.16. The first-order chi connectivity index (χ1) is 13.4. The maximum atomic E-state index is 15.0. The largest absolute Gasteiger partial charge is 0.613 e. The number of aliphatic hydroxyl groups is 1. The molecule has 0 saturated carbocycles. The Morgan fingerprint density at radius 3 is 2.72 bits per heavy atom. The van der Waals surface area contributed by atoms with Crippen LogP contribution in [-0.4, -0.2) is 57.3 Å². The topological polar surface area (TPSA) is 149 Å². The number of nitrogens with one attached hydrogen (secondary N) is 2. The molecule has 1 aliphatic rings. The summed E-state index contributed by atoms with van der Waals surface area (Å²) in [6, 6.07) is 0.0875. The number of hydrogen-bond donors (Lipinski definition) is 3. The van der Waals surface area contributed by atoms with E-state index < -0.39 is 62.2 Å². The first-order valence-corrected chi connectivity index (χ1v) is 10.0. The van der Waals surface area contributed by atoms with Crippen molar-refractivity contribution in [3.05, 3.63) is 33.1 Å². The fourth-order valence-corrected chi connectivity index (χ4v) is 3.46. The first-order valence-electron chi connectivity index (χ1n) is 8.84. The normalized spacial score (nSPS) is 28.4. The maximum absolute atomic E-state index is 15.0. The highest BCUT2D eigenvalue weighted by molar-refractivity contribution is 7.36. The summed E-state index contributed by atoms with van der Waals surface area (Å²) in [5.74, 6) is -0.627. The van der Waals surface area contributed by atoms with E-state index in [9.17, 15) is 24.1 Å². The molecule has 3 N–H and O–H groups in total. The molecule has 1 saturated heterocycles. The van der Waals surface area contributed by atoms with Gasteiger partial charge in [0, 0.05) is 12.3 Å². The van der Waals surface area contributed by atoms with Crippen molar-refractivity contribution in [2.75, 3.05) is 6.61 Å². The predicted molar refractivity (Wildman–Crippen MR) is 98.1 cm³/mol. The Hall–Kier alpha value is -1.98. The molecular weight excluding hydrogens is 412 g/mol. The van der Waals surface area contributed by atoms with Gasteiger partial charge in [0.05, 0.1) is 6.10 Å². The molecule has 2 heterocycles. The summed E-state index contributed by atoms with van der Waals surface area (Å²) in [6.45, 7) is 5.31. The molecule has 2 rings (SSSR count). The van der Waals surface area contributed by atoms with E-state index in [-0.39, 0.29) is 6.10 Å². The summed E-state index contributed by atoms with van der Waals surface area (Å²) < 4.78 is 43.2. The molecule has 0 bridgehead atoms. The molecule has 0 spiro atoms. The molecular formula is C16H24FN3O8P+. The summed E-state index contributed by atoms with van der Waals surface area (Å²) in [7, 11) is -2.55. The molecule has 6 atom stereocenters. The fraction of sp³-hybridized carbons (Fsp3) is 0.688. The van der Waals surface area contributed by atoms with Gasteiger partial charge >= 0.3 is 19.8 Å². The van der Waals surface area contributed by atoms with Gasteiger partial charge in [-0.2, -0.15) is 0 Å². The van der Waals surface area contributed by atoms with Crippen LogP contribution in [0.5, 0.6) is 0 Å². The van der Waals surface area contributed by atoms with E-state index in [0.29, 0.717) is 0 Å². The molecule has 0 aromatic carbocycles. The van der Waals surface area contributed by atoms with E-state index in [1.807, 2.05) is 4.98 Å². The Bertz CT molecular complexity index is 870. The number of carbonyl (C=O) groups excluding carboxylic acids is 1. The number of rotatable bonds is 8. The maximum Gasteiger partial charge on any atom is 0.613 e. The first kappa shape index (κ1) is 23.3. The van der Waals surface area contributed by atoms with Crippen molar-refractivity contribution in [3.8, 4) is 0 Å². The van der Waals surface area contributed by atoms with Crippen LogP contribution in [0, 0.1) is 0 Å². The standard InChI is InChI=1S/C16H23FN3O8P/c1-8(2)27-13(23)9(3)19-29(25)26-7-10-12(22)16(4,17)14(28-10)20-6-5-11(21)18-15(20)24/h5-6,8-10,12,14,22H,7H2,1-4H3,(H-,18,19,21,24,25)/p+1/t9-,10-,12-,14?,16-/m1/s1. The fourth-order valence-electron chi connectivity index (χ4n) is 2.69. The average Bonchev–Trinajstić information content (AvgIpc) is 2.82. The van der Waals surface area contributed by atoms with Crippen molar-refractivity contribution >= 4 is 14.1 Å². The van der Waals surface area contributed by atoms with Crippen LogP contribution in [0.1, 0.15) is 33.9 Å². The van der Waals surface area contributed by atoms with Crippen LogP contribution in [0.25, 0.3) is 0 Å². The number of ether oxygens (including phenoxy) is 2. The summed E-state index contributed by atoms with van der Waals surface area (Å²) in [4.78, 5) is 36.7. The molecule has 162 valence electrons. The Kier molecular flexibility index (Phi) is 7.41. The Balaban J connectivity index is 2.00. The average molecular weight is 436 g/mol. The molecule has 2 unspecified atom stereocenters. The highest BCUT2D eigenvalue weighted by Gasteiger charge is 2.56. The number of alkyl halides is 1. The summed E-state index contributed by atoms with van der Waals surface area (Å²) in [5.41, 5.74) is -3.98. The van der Waals surface area contributed by atoms with Gasteiger partial charge in [0.2, 0.25) is 0 Å². The van der Waals surface area contributed by atoms with E-state index >= 15 is 4.39 Å². The molecule has 1 aromatic heterocycles. The molecule has 1 aromatic rings. The minimum absolute atomic E-state index is 0.344. The second-order valence-corrected chi connectivity index (χ2v) is 8.06. The second-order valence-electron chi connectivity index (χ2n) is 7.03. The van der Waals surface area contributed by atoms with Gasteiger partial charge in [0.1, 0.15) is 24.9 Å². The lowest BCUT2D eigenvalue weighted by Gasteiger charge is -2.24. The SMILES string of the molecule is CC(C)OC(=O)[C@@H](C)N[P+](=O)OC[C@H]1OC(n2ccc(=O)[nH]c2=O)[C@](C)(F)[C@@H]1O. The van der Waals surface area contributed by atoms with Gasteiger partial charge in [0.25, 0.3) is 5.56 Å². The quantitative estimate of drug-likeness (QED) is 0.382. The van der Waals surface area contributed by atoms with Crippen LogP contribution in [0.2, 0.25) is 0 Å². The zero-order chi connectivity index (χ0) is 21.9. The second kappa shape index (κ2) is 9.23. The highest BCUT2D eigenvalue weighted by Crippen LogP contribution is 2.41. The zero-order valence-corrected chi connectivity index (χ0v) is 17.2. The van der Waals surface area contributed by atoms with Crippen LogP contribution in [-0.2, 0) is 23.4 Å². The highest BCUT2D eigenvalue weighted by atomic mass is 31.1. The van der Waals surface area contributed by atoms with Crippen LogP contribution < -0.4 is 16.3 Å². The molecule has 0 radical (unpaired) electrons. The van der Waals surface area contributed by atoms with Crippen molar-refractivity contribution in [2.45, 2.75) is 63.9 Å². The third-order valence-electron chi connectivity index (χ3n) is 4.18. The Morgan fingerprint density at radius 1 is 1.48 bits per heavy atom. The van der Waals surface area contributed by atoms with Crippen molar-refractivity contribution in [3.63, 3.8) is 0 Å². The van der Waals surface area contributed by atoms with Crippen molar-refractivity contribution in [2.24, 2.45) is 0 Å².